The second kappa shape index (κ2) is 10.4. The first kappa shape index (κ1) is 21.3. The predicted octanol–water partition coefficient (Wildman–Crippen LogP) is 6.38. The zero-order chi connectivity index (χ0) is 22.2. The van der Waals surface area contributed by atoms with E-state index in [9.17, 15) is 9.59 Å². The molecule has 3 aromatic carbocycles. The third-order valence-electron chi connectivity index (χ3n) is 4.60. The van der Waals surface area contributed by atoms with Gasteiger partial charge in [0.1, 0.15) is 0 Å². The summed E-state index contributed by atoms with van der Waals surface area (Å²) in [5.74, 6) is -0.241. The monoisotopic (exact) mass is 436 g/mol. The lowest BCUT2D eigenvalue weighted by Crippen LogP contribution is -1.98. The minimum absolute atomic E-state index is 0.121. The van der Waals surface area contributed by atoms with Crippen molar-refractivity contribution >= 4 is 45.6 Å². The summed E-state index contributed by atoms with van der Waals surface area (Å²) in [6.45, 7) is 0. The van der Waals surface area contributed by atoms with E-state index in [1.165, 1.54) is 50.9 Å². The molecular weight excluding hydrogens is 416 g/mol. The third kappa shape index (κ3) is 5.59. The predicted molar refractivity (Wildman–Crippen MR) is 130 cm³/mol. The van der Waals surface area contributed by atoms with Gasteiger partial charge in [0.25, 0.3) is 0 Å². The largest absolute Gasteiger partial charge is 0.354 e. The number of carbonyl (C=O) groups excluding carboxylic acids is 2. The fourth-order valence-electron chi connectivity index (χ4n) is 3.04. The molecule has 0 spiro atoms. The number of fused-ring (bicyclic) bond motifs is 3. The van der Waals surface area contributed by atoms with E-state index < -0.39 is 0 Å². The number of para-hydroxylation sites is 3. The van der Waals surface area contributed by atoms with Crippen molar-refractivity contribution in [3.63, 3.8) is 0 Å². The fraction of sp³-hybridized carbons (Fsp3) is 0. The van der Waals surface area contributed by atoms with E-state index in [0.717, 1.165) is 5.52 Å². The Hall–Kier alpha value is -3.96. The van der Waals surface area contributed by atoms with E-state index >= 15 is 0 Å². The maximum atomic E-state index is 10.3. The van der Waals surface area contributed by atoms with Crippen LogP contribution in [0.1, 0.15) is 0 Å². The summed E-state index contributed by atoms with van der Waals surface area (Å²) in [7, 11) is 0. The summed E-state index contributed by atoms with van der Waals surface area (Å²) < 4.78 is 0. The molecule has 0 unspecified atom stereocenters. The van der Waals surface area contributed by atoms with E-state index in [2.05, 4.69) is 71.0 Å². The van der Waals surface area contributed by atoms with Crippen LogP contribution in [0.3, 0.4) is 0 Å². The SMILES string of the molecule is O=C1C=CC(=O)C=C1.c1ccc2c(c1)Nc1ccccc1S2.c1ccc2ncccc2c1. The van der Waals surface area contributed by atoms with Crippen molar-refractivity contribution in [2.45, 2.75) is 9.79 Å². The lowest BCUT2D eigenvalue weighted by atomic mass is 10.2. The van der Waals surface area contributed by atoms with Crippen molar-refractivity contribution in [3.05, 3.63) is 115 Å². The van der Waals surface area contributed by atoms with Gasteiger partial charge in [-0.1, -0.05) is 60.3 Å². The Bertz CT molecular complexity index is 1140. The van der Waals surface area contributed by atoms with Gasteiger partial charge in [0, 0.05) is 21.4 Å². The molecule has 0 fully saturated rings. The highest BCUT2D eigenvalue weighted by Crippen LogP contribution is 2.43. The quantitative estimate of drug-likeness (QED) is 0.285. The van der Waals surface area contributed by atoms with Crippen LogP contribution in [0, 0.1) is 0 Å². The Morgan fingerprint density at radius 1 is 0.594 bits per heavy atom. The number of ketones is 2. The molecule has 1 aromatic heterocycles. The first-order chi connectivity index (χ1) is 15.7. The van der Waals surface area contributed by atoms with Crippen LogP contribution in [0.15, 0.2) is 125 Å². The molecule has 0 saturated carbocycles. The number of nitrogens with one attached hydrogen (secondary N) is 1. The second-order valence-corrected chi connectivity index (χ2v) is 7.97. The summed E-state index contributed by atoms with van der Waals surface area (Å²) in [6, 6.07) is 28.8. The fourth-order valence-corrected chi connectivity index (χ4v) is 4.03. The number of anilines is 2. The van der Waals surface area contributed by atoms with Gasteiger partial charge in [-0.25, -0.2) is 0 Å². The molecule has 1 N–H and O–H groups in total. The van der Waals surface area contributed by atoms with Gasteiger partial charge >= 0.3 is 0 Å². The van der Waals surface area contributed by atoms with Crippen LogP contribution >= 0.6 is 11.8 Å². The molecule has 0 amide bonds. The van der Waals surface area contributed by atoms with E-state index in [0.29, 0.717) is 0 Å². The highest BCUT2D eigenvalue weighted by Gasteiger charge is 2.13. The molecule has 1 aliphatic carbocycles. The van der Waals surface area contributed by atoms with Gasteiger partial charge in [0.2, 0.25) is 0 Å². The van der Waals surface area contributed by atoms with Gasteiger partial charge in [-0.2, -0.15) is 0 Å². The van der Waals surface area contributed by atoms with Crippen LogP contribution in [-0.4, -0.2) is 16.6 Å². The molecule has 0 bridgehead atoms. The maximum absolute atomic E-state index is 10.3. The summed E-state index contributed by atoms with van der Waals surface area (Å²) >= 11 is 1.82. The number of hydrogen-bond donors (Lipinski definition) is 1. The van der Waals surface area contributed by atoms with Crippen molar-refractivity contribution in [3.8, 4) is 0 Å². The Morgan fingerprint density at radius 3 is 1.69 bits per heavy atom. The van der Waals surface area contributed by atoms with Crippen LogP contribution in [0.25, 0.3) is 10.9 Å². The van der Waals surface area contributed by atoms with Gasteiger partial charge in [0.15, 0.2) is 11.6 Å². The molecule has 1 aliphatic heterocycles. The molecule has 0 saturated heterocycles. The number of aromatic nitrogens is 1. The first-order valence-electron chi connectivity index (χ1n) is 10.1. The van der Waals surface area contributed by atoms with Crippen LogP contribution in [-0.2, 0) is 9.59 Å². The molecule has 0 atom stereocenters. The lowest BCUT2D eigenvalue weighted by molar-refractivity contribution is -0.113. The van der Waals surface area contributed by atoms with E-state index in [1.54, 1.807) is 0 Å². The number of benzene rings is 3. The topological polar surface area (TPSA) is 59.1 Å². The number of carbonyl (C=O) groups is 2. The van der Waals surface area contributed by atoms with E-state index in [1.807, 2.05) is 42.2 Å². The maximum Gasteiger partial charge on any atom is 0.178 e. The van der Waals surface area contributed by atoms with Gasteiger partial charge in [0.05, 0.1) is 16.9 Å². The molecule has 2 heterocycles. The van der Waals surface area contributed by atoms with E-state index in [4.69, 9.17) is 0 Å². The number of nitrogens with zero attached hydrogens (tertiary/aromatic N) is 1. The summed E-state index contributed by atoms with van der Waals surface area (Å²) in [6.07, 6.45) is 6.82. The highest BCUT2D eigenvalue weighted by atomic mass is 32.2. The molecule has 2 aliphatic rings. The number of hydrogen-bond acceptors (Lipinski definition) is 5. The minimum Gasteiger partial charge on any atom is -0.354 e. The second-order valence-electron chi connectivity index (χ2n) is 6.89. The van der Waals surface area contributed by atoms with E-state index in [-0.39, 0.29) is 11.6 Å². The Morgan fingerprint density at radius 2 is 1.09 bits per heavy atom. The molecule has 5 heteroatoms. The Balaban J connectivity index is 0.000000121. The Labute approximate surface area is 190 Å². The molecular formula is C27H20N2O2S. The van der Waals surface area contributed by atoms with Crippen LogP contribution < -0.4 is 5.32 Å². The van der Waals surface area contributed by atoms with Crippen molar-refractivity contribution in [1.29, 1.82) is 0 Å². The molecule has 4 aromatic rings. The summed E-state index contributed by atoms with van der Waals surface area (Å²) in [5.41, 5.74) is 3.47. The number of allylic oxidation sites excluding steroid dienone is 4. The van der Waals surface area contributed by atoms with Crippen LogP contribution in [0.5, 0.6) is 0 Å². The standard InChI is InChI=1S/C12H9NS.C9H7N.C6H4O2/c1-3-7-11-9(5-1)13-10-6-2-4-8-12(10)14-11;1-2-6-9-8(4-1)5-3-7-10-9;7-5-1-2-6(8)4-3-5/h1-8,13H;1-7H;1-4H. The van der Waals surface area contributed by atoms with Crippen molar-refractivity contribution in [1.82, 2.24) is 4.98 Å². The molecule has 156 valence electrons. The zero-order valence-electron chi connectivity index (χ0n) is 17.1. The van der Waals surface area contributed by atoms with Crippen LogP contribution in [0.2, 0.25) is 0 Å². The van der Waals surface area contributed by atoms with Gasteiger partial charge < -0.3 is 5.32 Å². The summed E-state index contributed by atoms with van der Waals surface area (Å²) in [4.78, 5) is 27.3. The number of rotatable bonds is 0. The average Bonchev–Trinajstić information content (AvgIpc) is 2.85. The van der Waals surface area contributed by atoms with Crippen molar-refractivity contribution in [2.24, 2.45) is 0 Å². The van der Waals surface area contributed by atoms with Crippen LogP contribution in [0.4, 0.5) is 11.4 Å². The lowest BCUT2D eigenvalue weighted by Gasteiger charge is -2.19. The van der Waals surface area contributed by atoms with Crippen molar-refractivity contribution < 1.29 is 9.59 Å². The van der Waals surface area contributed by atoms with Crippen molar-refractivity contribution in [2.75, 3.05) is 5.32 Å². The first-order valence-corrected chi connectivity index (χ1v) is 10.9. The molecule has 6 rings (SSSR count). The molecule has 4 nitrogen and oxygen atoms in total. The molecule has 32 heavy (non-hydrogen) atoms. The van der Waals surface area contributed by atoms with Gasteiger partial charge in [-0.15, -0.1) is 0 Å². The highest BCUT2D eigenvalue weighted by molar-refractivity contribution is 7.99. The third-order valence-corrected chi connectivity index (χ3v) is 5.75. The minimum atomic E-state index is -0.121. The summed E-state index contributed by atoms with van der Waals surface area (Å²) in [5, 5.41) is 4.62. The van der Waals surface area contributed by atoms with Gasteiger partial charge in [-0.3, -0.25) is 14.6 Å². The smallest absolute Gasteiger partial charge is 0.178 e. The molecule has 0 radical (unpaired) electrons. The normalized spacial score (nSPS) is 13.0. The number of pyridine rings is 1. The van der Waals surface area contributed by atoms with Gasteiger partial charge in [-0.05, 0) is 60.7 Å². The average molecular weight is 437 g/mol. The Kier molecular flexibility index (Phi) is 6.90. The zero-order valence-corrected chi connectivity index (χ0v) is 18.0.